The van der Waals surface area contributed by atoms with E-state index in [-0.39, 0.29) is 24.1 Å². The number of amides is 1. The number of carbonyl (C=O) groups excluding carboxylic acids is 1. The molecule has 1 aromatic carbocycles. The molecule has 2 N–H and O–H groups in total. The van der Waals surface area contributed by atoms with E-state index in [1.165, 1.54) is 0 Å². The van der Waals surface area contributed by atoms with E-state index in [4.69, 9.17) is 0 Å². The lowest BCUT2D eigenvalue weighted by molar-refractivity contribution is -0.116. The van der Waals surface area contributed by atoms with Crippen LogP contribution in [0.25, 0.3) is 0 Å². The van der Waals surface area contributed by atoms with Gasteiger partial charge in [-0.15, -0.1) is 12.4 Å². The number of sulfone groups is 1. The molecule has 1 aliphatic heterocycles. The second-order valence-corrected chi connectivity index (χ2v) is 10.3. The Bertz CT molecular complexity index is 661. The monoisotopic (exact) mass is 388 g/mol. The van der Waals surface area contributed by atoms with Gasteiger partial charge in [0.1, 0.15) is 0 Å². The SMILES string of the molecule is CC(C)(C)S(=O)(=O)Cc1ccc(NC(=O)CCC2CCNC2)cc1.Cl. The first-order chi connectivity index (χ1) is 11.2. The van der Waals surface area contributed by atoms with Gasteiger partial charge in [0, 0.05) is 12.1 Å². The minimum atomic E-state index is -3.20. The molecule has 1 saturated heterocycles. The van der Waals surface area contributed by atoms with Gasteiger partial charge >= 0.3 is 0 Å². The predicted octanol–water partition coefficient (Wildman–Crippen LogP) is 3.15. The second-order valence-electron chi connectivity index (χ2n) is 7.51. The third kappa shape index (κ3) is 6.60. The molecule has 0 saturated carbocycles. The van der Waals surface area contributed by atoms with Crippen LogP contribution in [0.5, 0.6) is 0 Å². The molecule has 1 atom stereocenters. The fourth-order valence-electron chi connectivity index (χ4n) is 2.64. The highest BCUT2D eigenvalue weighted by molar-refractivity contribution is 7.91. The first-order valence-corrected chi connectivity index (χ1v) is 10.1. The fourth-order valence-corrected chi connectivity index (χ4v) is 3.70. The lowest BCUT2D eigenvalue weighted by Gasteiger charge is -2.19. The molecule has 1 fully saturated rings. The van der Waals surface area contributed by atoms with E-state index in [9.17, 15) is 13.2 Å². The van der Waals surface area contributed by atoms with Crippen LogP contribution in [-0.2, 0) is 20.4 Å². The van der Waals surface area contributed by atoms with Crippen LogP contribution in [0.2, 0.25) is 0 Å². The summed E-state index contributed by atoms with van der Waals surface area (Å²) in [6.07, 6.45) is 2.57. The van der Waals surface area contributed by atoms with Gasteiger partial charge in [-0.2, -0.15) is 0 Å². The molecule has 1 unspecified atom stereocenters. The fraction of sp³-hybridized carbons (Fsp3) is 0.611. The van der Waals surface area contributed by atoms with Crippen LogP contribution < -0.4 is 10.6 Å². The highest BCUT2D eigenvalue weighted by atomic mass is 35.5. The largest absolute Gasteiger partial charge is 0.326 e. The van der Waals surface area contributed by atoms with Crippen LogP contribution in [0.1, 0.15) is 45.6 Å². The first kappa shape index (κ1) is 21.9. The second kappa shape index (κ2) is 9.01. The summed E-state index contributed by atoms with van der Waals surface area (Å²) in [6.45, 7) is 7.17. The number of rotatable bonds is 6. The van der Waals surface area contributed by atoms with Crippen LogP contribution in [-0.4, -0.2) is 32.2 Å². The standard InChI is InChI=1S/C18H28N2O3S.ClH/c1-18(2,3)24(22,23)13-15-4-7-16(8-5-15)20-17(21)9-6-14-10-11-19-12-14;/h4-5,7-8,14,19H,6,9-13H2,1-3H3,(H,20,21);1H. The smallest absolute Gasteiger partial charge is 0.224 e. The molecule has 0 radical (unpaired) electrons. The maximum atomic E-state index is 12.2. The molecule has 0 aromatic heterocycles. The van der Waals surface area contributed by atoms with Crippen LogP contribution in [0.4, 0.5) is 5.69 Å². The normalized spacial score (nSPS) is 17.8. The quantitative estimate of drug-likeness (QED) is 0.784. The van der Waals surface area contributed by atoms with Gasteiger partial charge in [0.15, 0.2) is 9.84 Å². The number of nitrogens with one attached hydrogen (secondary N) is 2. The van der Waals surface area contributed by atoms with Crippen molar-refractivity contribution in [2.24, 2.45) is 5.92 Å². The Kier molecular flexibility index (Phi) is 7.90. The Balaban J connectivity index is 0.00000312. The topological polar surface area (TPSA) is 75.3 Å². The lowest BCUT2D eigenvalue weighted by atomic mass is 10.0. The van der Waals surface area contributed by atoms with Gasteiger partial charge in [-0.05, 0) is 70.3 Å². The summed E-state index contributed by atoms with van der Waals surface area (Å²) in [5.41, 5.74) is 1.45. The van der Waals surface area contributed by atoms with Crippen LogP contribution in [0, 0.1) is 5.92 Å². The van der Waals surface area contributed by atoms with Crippen molar-refractivity contribution >= 4 is 33.8 Å². The Morgan fingerprint density at radius 1 is 1.24 bits per heavy atom. The third-order valence-corrected chi connectivity index (χ3v) is 7.05. The zero-order chi connectivity index (χ0) is 17.8. The summed E-state index contributed by atoms with van der Waals surface area (Å²) in [5, 5.41) is 6.18. The molecule has 1 aliphatic rings. The molecule has 0 spiro atoms. The zero-order valence-electron chi connectivity index (χ0n) is 15.2. The summed E-state index contributed by atoms with van der Waals surface area (Å²) >= 11 is 0. The van der Waals surface area contributed by atoms with Crippen molar-refractivity contribution in [2.75, 3.05) is 18.4 Å². The number of hydrogen-bond donors (Lipinski definition) is 2. The average Bonchev–Trinajstić information content (AvgIpc) is 2.99. The zero-order valence-corrected chi connectivity index (χ0v) is 16.8. The Labute approximate surface area is 157 Å². The third-order valence-electron chi connectivity index (χ3n) is 4.47. The molecule has 0 bridgehead atoms. The summed E-state index contributed by atoms with van der Waals surface area (Å²) in [7, 11) is -3.20. The van der Waals surface area contributed by atoms with Crippen LogP contribution in [0.15, 0.2) is 24.3 Å². The maximum Gasteiger partial charge on any atom is 0.224 e. The minimum Gasteiger partial charge on any atom is -0.326 e. The van der Waals surface area contributed by atoms with Gasteiger partial charge in [-0.3, -0.25) is 4.79 Å². The van der Waals surface area contributed by atoms with Crippen LogP contribution >= 0.6 is 12.4 Å². The molecule has 1 heterocycles. The molecule has 1 amide bonds. The molecule has 5 nitrogen and oxygen atoms in total. The molecule has 25 heavy (non-hydrogen) atoms. The summed E-state index contributed by atoms with van der Waals surface area (Å²) < 4.78 is 23.7. The van der Waals surface area contributed by atoms with E-state index < -0.39 is 14.6 Å². The Morgan fingerprint density at radius 2 is 1.88 bits per heavy atom. The van der Waals surface area contributed by atoms with Crippen molar-refractivity contribution in [1.82, 2.24) is 5.32 Å². The van der Waals surface area contributed by atoms with Gasteiger partial charge in [0.2, 0.25) is 5.91 Å². The average molecular weight is 389 g/mol. The number of benzene rings is 1. The van der Waals surface area contributed by atoms with Crippen molar-refractivity contribution in [3.05, 3.63) is 29.8 Å². The van der Waals surface area contributed by atoms with E-state index in [1.54, 1.807) is 45.0 Å². The molecular weight excluding hydrogens is 360 g/mol. The van der Waals surface area contributed by atoms with Gasteiger partial charge in [-0.25, -0.2) is 8.42 Å². The number of carbonyl (C=O) groups is 1. The Hall–Kier alpha value is -1.11. The van der Waals surface area contributed by atoms with Crippen LogP contribution in [0.3, 0.4) is 0 Å². The van der Waals surface area contributed by atoms with E-state index in [0.717, 1.165) is 31.5 Å². The molecule has 1 aromatic rings. The summed E-state index contributed by atoms with van der Waals surface area (Å²) in [5.74, 6) is 0.622. The summed E-state index contributed by atoms with van der Waals surface area (Å²) in [4.78, 5) is 12.0. The molecule has 142 valence electrons. The number of hydrogen-bond acceptors (Lipinski definition) is 4. The van der Waals surface area contributed by atoms with E-state index >= 15 is 0 Å². The van der Waals surface area contributed by atoms with Gasteiger partial charge in [-0.1, -0.05) is 12.1 Å². The first-order valence-electron chi connectivity index (χ1n) is 8.49. The van der Waals surface area contributed by atoms with Gasteiger partial charge < -0.3 is 10.6 Å². The van der Waals surface area contributed by atoms with Crippen molar-refractivity contribution in [3.63, 3.8) is 0 Å². The highest BCUT2D eigenvalue weighted by Crippen LogP contribution is 2.21. The van der Waals surface area contributed by atoms with Crippen molar-refractivity contribution in [1.29, 1.82) is 0 Å². The highest BCUT2D eigenvalue weighted by Gasteiger charge is 2.28. The van der Waals surface area contributed by atoms with Crippen molar-refractivity contribution in [3.8, 4) is 0 Å². The van der Waals surface area contributed by atoms with Crippen molar-refractivity contribution < 1.29 is 13.2 Å². The minimum absolute atomic E-state index is 0. The molecule has 0 aliphatic carbocycles. The lowest BCUT2D eigenvalue weighted by Crippen LogP contribution is -2.29. The van der Waals surface area contributed by atoms with Crippen molar-refractivity contribution in [2.45, 2.75) is 50.5 Å². The Morgan fingerprint density at radius 3 is 2.40 bits per heavy atom. The number of anilines is 1. The van der Waals surface area contributed by atoms with Gasteiger partial charge in [0.25, 0.3) is 0 Å². The summed E-state index contributed by atoms with van der Waals surface area (Å²) in [6, 6.07) is 7.06. The van der Waals surface area contributed by atoms with Gasteiger partial charge in [0.05, 0.1) is 10.5 Å². The predicted molar refractivity (Wildman–Crippen MR) is 105 cm³/mol. The van der Waals surface area contributed by atoms with E-state index in [2.05, 4.69) is 10.6 Å². The maximum absolute atomic E-state index is 12.2. The van der Waals surface area contributed by atoms with E-state index in [0.29, 0.717) is 18.0 Å². The van der Waals surface area contributed by atoms with E-state index in [1.807, 2.05) is 0 Å². The molecule has 2 rings (SSSR count). The molecule has 7 heteroatoms. The molecular formula is C18H29ClN2O3S. The number of halogens is 1.